The molecular weight excluding hydrogens is 415 g/mol. The van der Waals surface area contributed by atoms with E-state index < -0.39 is 0 Å². The lowest BCUT2D eigenvalue weighted by Gasteiger charge is -2.33. The van der Waals surface area contributed by atoms with Crippen molar-refractivity contribution in [2.24, 2.45) is 0 Å². The predicted octanol–water partition coefficient (Wildman–Crippen LogP) is 1.22. The number of piperazine rings is 1. The van der Waals surface area contributed by atoms with Crippen LogP contribution in [0.2, 0.25) is 0 Å². The van der Waals surface area contributed by atoms with Crippen molar-refractivity contribution in [3.05, 3.63) is 75.2 Å². The van der Waals surface area contributed by atoms with Crippen molar-refractivity contribution in [2.45, 2.75) is 13.0 Å². The molecule has 0 aliphatic carbocycles. The number of halogens is 1. The summed E-state index contributed by atoms with van der Waals surface area (Å²) in [6.07, 6.45) is 2.42. The lowest BCUT2D eigenvalue weighted by molar-refractivity contribution is -0.121. The maximum absolute atomic E-state index is 13.8. The second-order valence-corrected chi connectivity index (χ2v) is 7.81. The number of carbonyl (C=O) groups excluding carboxylic acids is 1. The molecule has 0 radical (unpaired) electrons. The summed E-state index contributed by atoms with van der Waals surface area (Å²) >= 11 is 0. The number of amides is 1. The van der Waals surface area contributed by atoms with Crippen LogP contribution in [0.5, 0.6) is 0 Å². The fourth-order valence-electron chi connectivity index (χ4n) is 4.25. The van der Waals surface area contributed by atoms with Gasteiger partial charge < -0.3 is 8.97 Å². The molecule has 0 spiro atoms. The summed E-state index contributed by atoms with van der Waals surface area (Å²) in [5.41, 5.74) is 1.37. The predicted molar refractivity (Wildman–Crippen MR) is 117 cm³/mol. The molecule has 0 unspecified atom stereocenters. The van der Waals surface area contributed by atoms with E-state index in [1.807, 2.05) is 4.90 Å². The Bertz CT molecular complexity index is 1420. The van der Waals surface area contributed by atoms with Crippen LogP contribution in [-0.2, 0) is 11.3 Å². The summed E-state index contributed by atoms with van der Waals surface area (Å²) in [5, 5.41) is 6.27. The maximum Gasteiger partial charge on any atom is 0.275 e. The van der Waals surface area contributed by atoms with Gasteiger partial charge in [-0.15, -0.1) is 0 Å². The fraction of sp³-hybridized carbons (Fsp3) is 0.273. The third-order valence-electron chi connectivity index (χ3n) is 5.80. The van der Waals surface area contributed by atoms with Gasteiger partial charge in [-0.05, 0) is 42.8 Å². The van der Waals surface area contributed by atoms with Crippen molar-refractivity contribution in [3.63, 3.8) is 0 Å². The molecule has 0 saturated carbocycles. The number of rotatable bonds is 5. The highest BCUT2D eigenvalue weighted by Gasteiger charge is 2.25. The average Bonchev–Trinajstić information content (AvgIpc) is 3.28. The molecule has 1 aromatic carbocycles. The van der Waals surface area contributed by atoms with Crippen molar-refractivity contribution in [3.8, 4) is 0 Å². The molecule has 5 rings (SSSR count). The largest absolute Gasteiger partial charge is 0.310 e. The smallest absolute Gasteiger partial charge is 0.275 e. The normalized spacial score (nSPS) is 15.2. The number of hydrogen-bond acceptors (Lipinski definition) is 5. The molecule has 9 nitrogen and oxygen atoms in total. The number of nitrogens with zero attached hydrogens (tertiary/aromatic N) is 5. The Balaban J connectivity index is 1.29. The third-order valence-corrected chi connectivity index (χ3v) is 5.80. The highest BCUT2D eigenvalue weighted by Crippen LogP contribution is 2.18. The van der Waals surface area contributed by atoms with Crippen LogP contribution in [0.15, 0.2) is 58.3 Å². The standard InChI is InChI=1S/C22H21FN6O3/c23-15-4-5-16-18(13-15)27-9-1-3-17(27)22(32)28(16)10-2-8-26-11-12-29(21(31)14-26)19-6-7-20(30)25-24-19/h1,3-7,9,13H,2,8,10-12,14H2,(H,25,30). The van der Waals surface area contributed by atoms with Gasteiger partial charge in [0.1, 0.15) is 11.3 Å². The monoisotopic (exact) mass is 436 g/mol. The molecule has 1 aliphatic rings. The molecule has 4 heterocycles. The average molecular weight is 436 g/mol. The number of benzene rings is 1. The lowest BCUT2D eigenvalue weighted by Crippen LogP contribution is -2.51. The summed E-state index contributed by atoms with van der Waals surface area (Å²) in [7, 11) is 0. The van der Waals surface area contributed by atoms with Crippen molar-refractivity contribution < 1.29 is 9.18 Å². The van der Waals surface area contributed by atoms with E-state index in [-0.39, 0.29) is 29.4 Å². The first kappa shape index (κ1) is 20.1. The molecule has 4 aromatic rings. The Hall–Kier alpha value is -3.79. The molecule has 0 atom stereocenters. The van der Waals surface area contributed by atoms with Crippen molar-refractivity contribution in [2.75, 3.05) is 31.1 Å². The van der Waals surface area contributed by atoms with E-state index in [1.165, 1.54) is 24.3 Å². The highest BCUT2D eigenvalue weighted by molar-refractivity contribution is 5.94. The minimum absolute atomic E-state index is 0.0940. The Morgan fingerprint density at radius 3 is 2.62 bits per heavy atom. The second-order valence-electron chi connectivity index (χ2n) is 7.81. The number of aromatic amines is 1. The number of anilines is 1. The van der Waals surface area contributed by atoms with Crippen LogP contribution in [0.4, 0.5) is 10.2 Å². The SMILES string of the molecule is O=C1CN(CCCn2c(=O)c3cccn3c3cc(F)ccc32)CCN1c1ccc(=O)[nH]n1. The Kier molecular flexibility index (Phi) is 5.06. The molecule has 32 heavy (non-hydrogen) atoms. The van der Waals surface area contributed by atoms with Crippen LogP contribution in [0.3, 0.4) is 0 Å². The van der Waals surface area contributed by atoms with E-state index in [1.54, 1.807) is 38.3 Å². The lowest BCUT2D eigenvalue weighted by atomic mass is 10.2. The summed E-state index contributed by atoms with van der Waals surface area (Å²) in [4.78, 5) is 40.3. The summed E-state index contributed by atoms with van der Waals surface area (Å²) < 4.78 is 17.2. The Morgan fingerprint density at radius 2 is 1.84 bits per heavy atom. The topological polar surface area (TPSA) is 95.7 Å². The van der Waals surface area contributed by atoms with Gasteiger partial charge in [0, 0.05) is 38.4 Å². The summed E-state index contributed by atoms with van der Waals surface area (Å²) in [6, 6.07) is 10.8. The van der Waals surface area contributed by atoms with Gasteiger partial charge >= 0.3 is 0 Å². The molecule has 10 heteroatoms. The second kappa shape index (κ2) is 8.04. The van der Waals surface area contributed by atoms with Gasteiger partial charge in [0.05, 0.1) is 17.6 Å². The van der Waals surface area contributed by atoms with Gasteiger partial charge in [0.2, 0.25) is 5.91 Å². The first-order valence-corrected chi connectivity index (χ1v) is 10.4. The minimum atomic E-state index is -0.355. The van der Waals surface area contributed by atoms with Gasteiger partial charge in [-0.3, -0.25) is 24.2 Å². The van der Waals surface area contributed by atoms with Crippen molar-refractivity contribution in [1.29, 1.82) is 0 Å². The highest BCUT2D eigenvalue weighted by atomic mass is 19.1. The Labute approximate surface area is 181 Å². The van der Waals surface area contributed by atoms with Gasteiger partial charge in [-0.25, -0.2) is 9.49 Å². The quantitative estimate of drug-likeness (QED) is 0.508. The molecule has 1 fully saturated rings. The van der Waals surface area contributed by atoms with Crippen LogP contribution in [0.1, 0.15) is 6.42 Å². The molecule has 164 valence electrons. The van der Waals surface area contributed by atoms with Crippen molar-refractivity contribution >= 4 is 28.3 Å². The number of H-pyrrole nitrogens is 1. The van der Waals surface area contributed by atoms with Crippen LogP contribution in [-0.4, -0.2) is 56.2 Å². The van der Waals surface area contributed by atoms with E-state index in [0.717, 1.165) is 0 Å². The minimum Gasteiger partial charge on any atom is -0.310 e. The first-order valence-electron chi connectivity index (χ1n) is 10.4. The number of hydrogen-bond donors (Lipinski definition) is 1. The number of aromatic nitrogens is 4. The fourth-order valence-corrected chi connectivity index (χ4v) is 4.25. The zero-order chi connectivity index (χ0) is 22.2. The molecule has 1 N–H and O–H groups in total. The molecule has 1 amide bonds. The number of fused-ring (bicyclic) bond motifs is 3. The number of carbonyl (C=O) groups is 1. The van der Waals surface area contributed by atoms with E-state index in [2.05, 4.69) is 10.2 Å². The van der Waals surface area contributed by atoms with Gasteiger partial charge in [-0.2, -0.15) is 5.10 Å². The van der Waals surface area contributed by atoms with Crippen LogP contribution >= 0.6 is 0 Å². The van der Waals surface area contributed by atoms with E-state index in [0.29, 0.717) is 55.0 Å². The van der Waals surface area contributed by atoms with Crippen LogP contribution in [0, 0.1) is 5.82 Å². The van der Waals surface area contributed by atoms with Crippen molar-refractivity contribution in [1.82, 2.24) is 24.1 Å². The molecule has 3 aromatic heterocycles. The van der Waals surface area contributed by atoms with Gasteiger partial charge in [-0.1, -0.05) is 0 Å². The molecule has 1 aliphatic heterocycles. The van der Waals surface area contributed by atoms with Gasteiger partial charge in [0.25, 0.3) is 11.1 Å². The maximum atomic E-state index is 13.8. The summed E-state index contributed by atoms with van der Waals surface area (Å²) in [5.74, 6) is -0.0189. The first-order chi connectivity index (χ1) is 15.5. The van der Waals surface area contributed by atoms with Crippen LogP contribution in [0.25, 0.3) is 16.6 Å². The zero-order valence-corrected chi connectivity index (χ0v) is 17.2. The molecular formula is C22H21FN6O3. The molecule has 0 bridgehead atoms. The summed E-state index contributed by atoms with van der Waals surface area (Å²) in [6.45, 7) is 2.46. The van der Waals surface area contributed by atoms with Crippen LogP contribution < -0.4 is 16.0 Å². The zero-order valence-electron chi connectivity index (χ0n) is 17.2. The van der Waals surface area contributed by atoms with E-state index >= 15 is 0 Å². The van der Waals surface area contributed by atoms with E-state index in [9.17, 15) is 18.8 Å². The number of aryl methyl sites for hydroxylation is 1. The third kappa shape index (κ3) is 3.58. The Morgan fingerprint density at radius 1 is 0.969 bits per heavy atom. The molecule has 1 saturated heterocycles. The van der Waals surface area contributed by atoms with Gasteiger partial charge in [0.15, 0.2) is 5.82 Å². The van der Waals surface area contributed by atoms with E-state index in [4.69, 9.17) is 0 Å². The number of nitrogens with one attached hydrogen (secondary N) is 1.